The molecule has 0 radical (unpaired) electrons. The van der Waals surface area contributed by atoms with Crippen LogP contribution in [0.15, 0.2) is 0 Å². The van der Waals surface area contributed by atoms with Gasteiger partial charge in [-0.1, -0.05) is 12.8 Å². The Kier molecular flexibility index (Phi) is 3.50. The van der Waals surface area contributed by atoms with E-state index in [9.17, 15) is 9.90 Å². The molecule has 4 N–H and O–H groups in total. The summed E-state index contributed by atoms with van der Waals surface area (Å²) in [6.45, 7) is 0. The summed E-state index contributed by atoms with van der Waals surface area (Å²) in [5.41, 5.74) is 5.76. The first-order chi connectivity index (χ1) is 7.59. The van der Waals surface area contributed by atoms with Crippen LogP contribution in [0.25, 0.3) is 0 Å². The second-order valence-electron chi connectivity index (χ2n) is 5.42. The molecule has 92 valence electrons. The van der Waals surface area contributed by atoms with E-state index in [1.807, 2.05) is 0 Å². The number of nitrogens with one attached hydrogen (secondary N) is 1. The number of nitrogens with two attached hydrogens (primary N) is 1. The lowest BCUT2D eigenvalue weighted by Crippen LogP contribution is -2.52. The van der Waals surface area contributed by atoms with E-state index in [4.69, 9.17) is 5.73 Å². The van der Waals surface area contributed by atoms with Crippen molar-refractivity contribution >= 4 is 5.91 Å². The van der Waals surface area contributed by atoms with Crippen molar-refractivity contribution in [3.8, 4) is 0 Å². The Morgan fingerprint density at radius 2 is 2.00 bits per heavy atom. The molecule has 2 atom stereocenters. The van der Waals surface area contributed by atoms with Gasteiger partial charge in [0.2, 0.25) is 5.91 Å². The highest BCUT2D eigenvalue weighted by molar-refractivity contribution is 5.77. The molecule has 0 unspecified atom stereocenters. The van der Waals surface area contributed by atoms with Gasteiger partial charge in [0.1, 0.15) is 0 Å². The monoisotopic (exact) mass is 226 g/mol. The number of carbonyl (C=O) groups excluding carboxylic acids is 1. The quantitative estimate of drug-likeness (QED) is 0.662. The zero-order chi connectivity index (χ0) is 11.6. The second kappa shape index (κ2) is 4.72. The first kappa shape index (κ1) is 11.9. The normalized spacial score (nSPS) is 32.9. The molecule has 4 nitrogen and oxygen atoms in total. The summed E-state index contributed by atoms with van der Waals surface area (Å²) >= 11 is 0. The highest BCUT2D eigenvalue weighted by Gasteiger charge is 2.35. The van der Waals surface area contributed by atoms with Crippen molar-refractivity contribution in [3.63, 3.8) is 0 Å². The van der Waals surface area contributed by atoms with Crippen LogP contribution in [0.2, 0.25) is 0 Å². The van der Waals surface area contributed by atoms with E-state index in [2.05, 4.69) is 5.32 Å². The minimum Gasteiger partial charge on any atom is -0.391 e. The average molecular weight is 226 g/mol. The van der Waals surface area contributed by atoms with E-state index in [1.165, 1.54) is 0 Å². The van der Waals surface area contributed by atoms with Gasteiger partial charge in [0, 0.05) is 12.0 Å². The molecule has 1 amide bonds. The number of aliphatic hydroxyl groups excluding tert-OH is 1. The smallest absolute Gasteiger partial charge is 0.222 e. The summed E-state index contributed by atoms with van der Waals surface area (Å²) in [5, 5.41) is 12.7. The molecule has 2 saturated carbocycles. The molecule has 0 bridgehead atoms. The predicted octanol–water partition coefficient (Wildman–Crippen LogP) is 0.678. The van der Waals surface area contributed by atoms with Gasteiger partial charge in [0.15, 0.2) is 0 Å². The topological polar surface area (TPSA) is 75.4 Å². The van der Waals surface area contributed by atoms with Gasteiger partial charge < -0.3 is 16.2 Å². The van der Waals surface area contributed by atoms with Crippen molar-refractivity contribution in [3.05, 3.63) is 0 Å². The third-order valence-corrected chi connectivity index (χ3v) is 3.94. The molecule has 0 aromatic carbocycles. The van der Waals surface area contributed by atoms with E-state index in [1.54, 1.807) is 0 Å². The van der Waals surface area contributed by atoms with Gasteiger partial charge in [0.25, 0.3) is 0 Å². The number of rotatable bonds is 3. The standard InChI is InChI=1S/C12H22N2O2/c13-12(6-3-7-12)8-11(16)14-9-4-1-2-5-10(9)15/h9-10,15H,1-8,13H2,(H,14,16)/t9-,10-/m0/s1. The van der Waals surface area contributed by atoms with Gasteiger partial charge in [-0.2, -0.15) is 0 Å². The molecule has 0 aliphatic heterocycles. The highest BCUT2D eigenvalue weighted by Crippen LogP contribution is 2.32. The Labute approximate surface area is 96.6 Å². The minimum absolute atomic E-state index is 0.00755. The van der Waals surface area contributed by atoms with E-state index >= 15 is 0 Å². The number of aliphatic hydroxyl groups is 1. The van der Waals surface area contributed by atoms with E-state index in [0.29, 0.717) is 6.42 Å². The van der Waals surface area contributed by atoms with Gasteiger partial charge in [-0.3, -0.25) is 4.79 Å². The molecule has 2 aliphatic rings. The number of hydrogen-bond acceptors (Lipinski definition) is 3. The van der Waals surface area contributed by atoms with Gasteiger partial charge in [-0.15, -0.1) is 0 Å². The second-order valence-corrected chi connectivity index (χ2v) is 5.42. The maximum Gasteiger partial charge on any atom is 0.222 e. The Hall–Kier alpha value is -0.610. The number of hydrogen-bond donors (Lipinski definition) is 3. The molecular weight excluding hydrogens is 204 g/mol. The zero-order valence-electron chi connectivity index (χ0n) is 9.74. The predicted molar refractivity (Wildman–Crippen MR) is 61.8 cm³/mol. The van der Waals surface area contributed by atoms with E-state index in [-0.39, 0.29) is 23.6 Å². The summed E-state index contributed by atoms with van der Waals surface area (Å²) in [7, 11) is 0. The Bertz CT molecular complexity index is 264. The molecule has 2 rings (SSSR count). The zero-order valence-corrected chi connectivity index (χ0v) is 9.74. The van der Waals surface area contributed by atoms with Crippen LogP contribution < -0.4 is 11.1 Å². The highest BCUT2D eigenvalue weighted by atomic mass is 16.3. The van der Waals surface area contributed by atoms with Crippen LogP contribution in [0.3, 0.4) is 0 Å². The number of amides is 1. The molecule has 4 heteroatoms. The van der Waals surface area contributed by atoms with Crippen LogP contribution in [-0.4, -0.2) is 28.7 Å². The average Bonchev–Trinajstić information content (AvgIpc) is 2.19. The van der Waals surface area contributed by atoms with E-state index < -0.39 is 0 Å². The van der Waals surface area contributed by atoms with Crippen molar-refractivity contribution in [2.24, 2.45) is 5.73 Å². The van der Waals surface area contributed by atoms with Crippen molar-refractivity contribution in [1.82, 2.24) is 5.32 Å². The lowest BCUT2D eigenvalue weighted by molar-refractivity contribution is -0.125. The Morgan fingerprint density at radius 1 is 1.31 bits per heavy atom. The maximum atomic E-state index is 11.8. The van der Waals surface area contributed by atoms with Gasteiger partial charge >= 0.3 is 0 Å². The third-order valence-electron chi connectivity index (χ3n) is 3.94. The summed E-state index contributed by atoms with van der Waals surface area (Å²) in [6.07, 6.45) is 6.94. The summed E-state index contributed by atoms with van der Waals surface area (Å²) in [4.78, 5) is 11.8. The van der Waals surface area contributed by atoms with Crippen molar-refractivity contribution in [2.45, 2.75) is 69.1 Å². The maximum absolute atomic E-state index is 11.8. The molecule has 0 saturated heterocycles. The van der Waals surface area contributed by atoms with E-state index in [0.717, 1.165) is 44.9 Å². The molecule has 16 heavy (non-hydrogen) atoms. The van der Waals surface area contributed by atoms with Crippen LogP contribution in [0.5, 0.6) is 0 Å². The molecular formula is C12H22N2O2. The molecule has 0 aromatic rings. The molecule has 2 fully saturated rings. The largest absolute Gasteiger partial charge is 0.391 e. The van der Waals surface area contributed by atoms with Crippen molar-refractivity contribution in [1.29, 1.82) is 0 Å². The molecule has 2 aliphatic carbocycles. The van der Waals surface area contributed by atoms with Gasteiger partial charge in [-0.05, 0) is 32.1 Å². The summed E-state index contributed by atoms with van der Waals surface area (Å²) in [6, 6.07) is -0.0510. The van der Waals surface area contributed by atoms with Crippen molar-refractivity contribution in [2.75, 3.05) is 0 Å². The van der Waals surface area contributed by atoms with Crippen LogP contribution in [-0.2, 0) is 4.79 Å². The first-order valence-corrected chi connectivity index (χ1v) is 6.35. The lowest BCUT2D eigenvalue weighted by Gasteiger charge is -2.38. The van der Waals surface area contributed by atoms with Crippen LogP contribution in [0, 0.1) is 0 Å². The fourth-order valence-corrected chi connectivity index (χ4v) is 2.66. The fraction of sp³-hybridized carbons (Fsp3) is 0.917. The van der Waals surface area contributed by atoms with Crippen LogP contribution in [0.4, 0.5) is 0 Å². The van der Waals surface area contributed by atoms with Crippen LogP contribution in [0.1, 0.15) is 51.4 Å². The van der Waals surface area contributed by atoms with Crippen LogP contribution >= 0.6 is 0 Å². The fourth-order valence-electron chi connectivity index (χ4n) is 2.66. The SMILES string of the molecule is NC1(CC(=O)N[C@H]2CCCC[C@@H]2O)CCC1. The first-order valence-electron chi connectivity index (χ1n) is 6.35. The minimum atomic E-state index is -0.368. The van der Waals surface area contributed by atoms with Gasteiger partial charge in [-0.25, -0.2) is 0 Å². The van der Waals surface area contributed by atoms with Crippen molar-refractivity contribution < 1.29 is 9.90 Å². The molecule has 0 spiro atoms. The lowest BCUT2D eigenvalue weighted by atomic mass is 9.75. The molecule has 0 heterocycles. The Balaban J connectivity index is 1.77. The number of carbonyl (C=O) groups is 1. The summed E-state index contributed by atoms with van der Waals surface area (Å²) < 4.78 is 0. The van der Waals surface area contributed by atoms with Gasteiger partial charge in [0.05, 0.1) is 12.1 Å². The summed E-state index contributed by atoms with van der Waals surface area (Å²) in [5.74, 6) is 0.00755. The molecule has 0 aromatic heterocycles. The third kappa shape index (κ3) is 2.74. The Morgan fingerprint density at radius 3 is 2.56 bits per heavy atom.